The van der Waals surface area contributed by atoms with Gasteiger partial charge in [-0.1, -0.05) is 25.0 Å². The molecule has 0 aliphatic carbocycles. The molecule has 3 aromatic heterocycles. The molecule has 0 saturated carbocycles. The number of imidazole rings is 1. The first-order chi connectivity index (χ1) is 17.9. The van der Waals surface area contributed by atoms with Gasteiger partial charge in [0, 0.05) is 123 Å². The van der Waals surface area contributed by atoms with Crippen molar-refractivity contribution < 1.29 is 99.5 Å². The van der Waals surface area contributed by atoms with Gasteiger partial charge in [0.05, 0.1) is 25.7 Å². The van der Waals surface area contributed by atoms with Gasteiger partial charge in [-0.2, -0.15) is 12.1 Å². The number of rotatable bonds is 6. The Bertz CT molecular complexity index is 1140. The molecule has 1 amide bonds. The summed E-state index contributed by atoms with van der Waals surface area (Å²) >= 11 is 4.24. The molecule has 0 aliphatic rings. The number of Topliss-reactive ketones (excluding diaryl/α,β-unsaturated/α-hetero) is 1. The third-order valence-electron chi connectivity index (χ3n) is 3.63. The molecular formula is C24H32I2N6O7Y2-2. The van der Waals surface area contributed by atoms with Crippen LogP contribution in [0.25, 0.3) is 5.69 Å². The summed E-state index contributed by atoms with van der Waals surface area (Å²) in [5.41, 5.74) is 3.48. The maximum absolute atomic E-state index is 10.9. The van der Waals surface area contributed by atoms with Crippen LogP contribution in [0.2, 0.25) is 0 Å². The maximum Gasteiger partial charge on any atom is 0.300 e. The van der Waals surface area contributed by atoms with Crippen LogP contribution in [0.1, 0.15) is 32.2 Å². The number of carboxylic acids is 2. The van der Waals surface area contributed by atoms with E-state index in [0.717, 1.165) is 30.9 Å². The number of halogens is 2. The van der Waals surface area contributed by atoms with Crippen LogP contribution in [0.3, 0.4) is 0 Å². The molecule has 0 spiro atoms. The normalized spacial score (nSPS) is 8.10. The van der Waals surface area contributed by atoms with E-state index in [2.05, 4.69) is 64.6 Å². The first-order valence-corrected chi connectivity index (χ1v) is 16.7. The Labute approximate surface area is 313 Å². The van der Waals surface area contributed by atoms with Crippen molar-refractivity contribution in [3.8, 4) is 11.6 Å². The predicted molar refractivity (Wildman–Crippen MR) is 163 cm³/mol. The van der Waals surface area contributed by atoms with Gasteiger partial charge >= 0.3 is 0 Å². The summed E-state index contributed by atoms with van der Waals surface area (Å²) in [6.45, 7) is 7.51. The van der Waals surface area contributed by atoms with Crippen molar-refractivity contribution in [1.82, 2.24) is 25.7 Å². The van der Waals surface area contributed by atoms with E-state index in [1.165, 1.54) is 18.9 Å². The number of hydrogen-bond donors (Lipinski definition) is 3. The number of carbonyl (C=O) groups is 4. The Hall–Kier alpha value is -0.982. The summed E-state index contributed by atoms with van der Waals surface area (Å²) < 4.78 is 6.92. The second kappa shape index (κ2) is 30.5. The second-order valence-corrected chi connectivity index (χ2v) is 6.91. The summed E-state index contributed by atoms with van der Waals surface area (Å²) in [6, 6.07) is 6.94. The summed E-state index contributed by atoms with van der Waals surface area (Å²) in [6.07, 6.45) is 9.71. The van der Waals surface area contributed by atoms with E-state index in [-0.39, 0.29) is 89.8 Å². The molecule has 0 atom stereocenters. The minimum atomic E-state index is -0.833. The van der Waals surface area contributed by atoms with Crippen molar-refractivity contribution >= 4 is 67.1 Å². The maximum atomic E-state index is 10.9. The predicted octanol–water partition coefficient (Wildman–Crippen LogP) is 4.24. The minimum absolute atomic E-state index is 0. The van der Waals surface area contributed by atoms with Crippen molar-refractivity contribution in [2.24, 2.45) is 0 Å². The van der Waals surface area contributed by atoms with Gasteiger partial charge in [-0.3, -0.25) is 19.2 Å². The average molecular weight is 948 g/mol. The number of aryl methyl sites for hydroxylation is 2. The number of aliphatic carboxylic acids is 2. The first-order valence-electron chi connectivity index (χ1n) is 10.4. The Kier molecular flexibility index (Phi) is 36.9. The van der Waals surface area contributed by atoms with Gasteiger partial charge in [-0.05, 0) is 25.2 Å². The number of nitrogens with zero attached hydrogens (tertiary/aromatic N) is 5. The van der Waals surface area contributed by atoms with Crippen molar-refractivity contribution in [1.29, 1.82) is 0 Å². The molecule has 41 heavy (non-hydrogen) atoms. The van der Waals surface area contributed by atoms with Gasteiger partial charge in [0.2, 0.25) is 6.41 Å². The Balaban J connectivity index is -0.000000152. The van der Waals surface area contributed by atoms with Crippen LogP contribution in [0.4, 0.5) is 5.69 Å². The number of methoxy groups -OCH3 is 1. The number of amides is 1. The third-order valence-corrected chi connectivity index (χ3v) is 3.63. The Morgan fingerprint density at radius 3 is 1.90 bits per heavy atom. The van der Waals surface area contributed by atoms with E-state index in [1.54, 1.807) is 24.5 Å². The molecule has 0 fully saturated rings. The van der Waals surface area contributed by atoms with Crippen LogP contribution in [-0.2, 0) is 84.6 Å². The van der Waals surface area contributed by atoms with E-state index >= 15 is 0 Å². The third kappa shape index (κ3) is 25.2. The molecule has 222 valence electrons. The molecule has 3 heterocycles. The summed E-state index contributed by atoms with van der Waals surface area (Å²) in [5.74, 6) is -1.51. The van der Waals surface area contributed by atoms with Crippen molar-refractivity contribution in [3.05, 3.63) is 60.6 Å². The Morgan fingerprint density at radius 1 is 1.02 bits per heavy atom. The molecule has 13 nitrogen and oxygen atoms in total. The molecular weight excluding hydrogens is 916 g/mol. The van der Waals surface area contributed by atoms with Gasteiger partial charge in [-0.15, -0.1) is 12.1 Å². The molecule has 0 aliphatic heterocycles. The summed E-state index contributed by atoms with van der Waals surface area (Å²) in [5, 5.41) is 14.8. The number of pyridine rings is 2. The van der Waals surface area contributed by atoms with Gasteiger partial charge < -0.3 is 40.5 Å². The fourth-order valence-corrected chi connectivity index (χ4v) is 2.38. The molecule has 2 radical (unpaired) electrons. The number of aromatic nitrogens is 4. The zero-order valence-corrected chi connectivity index (χ0v) is 33.5. The number of hydrogen-bond acceptors (Lipinski definition) is 9. The van der Waals surface area contributed by atoms with Crippen molar-refractivity contribution in [2.45, 2.75) is 34.6 Å². The molecule has 0 bridgehead atoms. The minimum Gasteiger partial charge on any atom is -0.536 e. The van der Waals surface area contributed by atoms with Crippen LogP contribution < -0.4 is 15.8 Å². The number of anilines is 1. The van der Waals surface area contributed by atoms with E-state index in [0.29, 0.717) is 12.1 Å². The molecule has 17 heteroatoms. The van der Waals surface area contributed by atoms with Gasteiger partial charge in [0.25, 0.3) is 11.9 Å². The topological polar surface area (TPSA) is 200 Å². The zero-order chi connectivity index (χ0) is 29.7. The number of ether oxygens (including phenoxy) is 1. The second-order valence-electron chi connectivity index (χ2n) is 6.91. The zero-order valence-electron chi connectivity index (χ0n) is 23.5. The van der Waals surface area contributed by atoms with E-state index < -0.39 is 11.9 Å². The van der Waals surface area contributed by atoms with E-state index in [4.69, 9.17) is 24.5 Å². The molecule has 0 unspecified atom stereocenters. The van der Waals surface area contributed by atoms with E-state index in [1.807, 2.05) is 30.7 Å². The fourth-order valence-electron chi connectivity index (χ4n) is 2.38. The molecule has 0 saturated heterocycles. The molecule has 0 aromatic carbocycles. The van der Waals surface area contributed by atoms with Crippen LogP contribution in [-0.4, -0.2) is 67.5 Å². The van der Waals surface area contributed by atoms with Crippen LogP contribution >= 0.6 is 37.2 Å². The van der Waals surface area contributed by atoms with Crippen molar-refractivity contribution in [2.75, 3.05) is 18.6 Å². The summed E-state index contributed by atoms with van der Waals surface area (Å²) in [7, 11) is 1.44. The van der Waals surface area contributed by atoms with Gasteiger partial charge in [0.15, 0.2) is 0 Å². The Morgan fingerprint density at radius 2 is 1.51 bits per heavy atom. The largest absolute Gasteiger partial charge is 0.536 e. The van der Waals surface area contributed by atoms with Crippen LogP contribution in [0.5, 0.6) is 5.88 Å². The van der Waals surface area contributed by atoms with Gasteiger partial charge in [0.1, 0.15) is 11.7 Å². The molecule has 3 rings (SSSR count). The first kappa shape index (κ1) is 49.7. The smallest absolute Gasteiger partial charge is 0.300 e. The van der Waals surface area contributed by atoms with Crippen molar-refractivity contribution in [3.63, 3.8) is 0 Å². The number of carboxylic acid groups (broad SMARTS) is 2. The quantitative estimate of drug-likeness (QED) is 0.182. The monoisotopic (exact) mass is 948 g/mol. The van der Waals surface area contributed by atoms with Crippen LogP contribution in [0, 0.1) is 26.2 Å². The van der Waals surface area contributed by atoms with Gasteiger partial charge in [-0.25, -0.2) is 4.98 Å². The molecule has 5 N–H and O–H groups in total. The van der Waals surface area contributed by atoms with E-state index in [9.17, 15) is 9.59 Å². The average Bonchev–Trinajstić information content (AvgIpc) is 3.29. The SMILES string of the molecule is CC(=O)O.CC(=O)O.COc1n[c-]ccc1N(C=O)CC(C)=O.Cc1cn(-c2cc[c-]nc2C)cn1.II.N.[Y].[Y]. The standard InChI is InChI=1S/C10H10N3.C10H11N2O3.2C2H4O2.I2.H3N.2Y/c1-8-6-13(7-12-8)10-4-3-5-11-9(10)2;1-8(14)6-12(7-13)9-4-3-5-11-10(9)15-2;2*1-2(3)4;1-2;;;/h3-4,6-7H,1-2H3;3-4,7H,6H2,1-2H3;2*1H3,(H,3,4);;1H3;;/q2*-1;;;;;;. The summed E-state index contributed by atoms with van der Waals surface area (Å²) in [4.78, 5) is 53.0. The fraction of sp³-hybridized carbons (Fsp3) is 0.292. The molecule has 3 aromatic rings. The number of ketones is 1. The van der Waals surface area contributed by atoms with Crippen LogP contribution in [0.15, 0.2) is 36.8 Å². The number of carbonyl (C=O) groups excluding carboxylic acids is 2.